The Morgan fingerprint density at radius 2 is 2.26 bits per heavy atom. The first-order chi connectivity index (χ1) is 9.17. The van der Waals surface area contributed by atoms with Crippen LogP contribution in [0.3, 0.4) is 0 Å². The Kier molecular flexibility index (Phi) is 6.04. The predicted molar refractivity (Wildman–Crippen MR) is 84.8 cm³/mol. The molecule has 2 aliphatic heterocycles. The smallest absolute Gasteiger partial charge is 0.0783 e. The highest BCUT2D eigenvalue weighted by atomic mass is 32.2. The Morgan fingerprint density at radius 1 is 1.42 bits per heavy atom. The van der Waals surface area contributed by atoms with E-state index in [9.17, 15) is 0 Å². The topological polar surface area (TPSA) is 21.3 Å². The summed E-state index contributed by atoms with van der Waals surface area (Å²) in [6, 6.07) is 0. The third-order valence-corrected chi connectivity index (χ3v) is 6.36. The number of ether oxygens (including phenoxy) is 1. The van der Waals surface area contributed by atoms with Gasteiger partial charge >= 0.3 is 0 Å². The van der Waals surface area contributed by atoms with Crippen LogP contribution in [-0.2, 0) is 4.74 Å². The van der Waals surface area contributed by atoms with Crippen LogP contribution in [-0.4, -0.2) is 36.8 Å². The Hall–Kier alpha value is 0.270. The molecule has 0 bridgehead atoms. The first kappa shape index (κ1) is 15.7. The molecule has 1 N–H and O–H groups in total. The highest BCUT2D eigenvalue weighted by molar-refractivity contribution is 7.99. The van der Waals surface area contributed by atoms with Crippen molar-refractivity contribution in [1.82, 2.24) is 5.32 Å². The highest BCUT2D eigenvalue weighted by Gasteiger charge is 2.42. The highest BCUT2D eigenvalue weighted by Crippen LogP contribution is 2.43. The zero-order chi connectivity index (χ0) is 13.7. The van der Waals surface area contributed by atoms with E-state index in [2.05, 4.69) is 37.8 Å². The summed E-state index contributed by atoms with van der Waals surface area (Å²) in [5.41, 5.74) is 0.248. The second-order valence-electron chi connectivity index (χ2n) is 6.63. The molecule has 2 heterocycles. The molecule has 2 nitrogen and oxygen atoms in total. The maximum atomic E-state index is 6.15. The second-order valence-corrected chi connectivity index (χ2v) is 7.73. The van der Waals surface area contributed by atoms with Crippen LogP contribution in [0.2, 0.25) is 0 Å². The molecule has 2 rings (SSSR count). The van der Waals surface area contributed by atoms with Crippen LogP contribution >= 0.6 is 11.8 Å². The van der Waals surface area contributed by atoms with Crippen LogP contribution in [0.5, 0.6) is 0 Å². The third kappa shape index (κ3) is 4.12. The molecule has 0 aromatic rings. The third-order valence-electron chi connectivity index (χ3n) is 5.13. The van der Waals surface area contributed by atoms with Gasteiger partial charge in [0.25, 0.3) is 0 Å². The average Bonchev–Trinajstić information content (AvgIpc) is 2.86. The van der Waals surface area contributed by atoms with Crippen LogP contribution in [0, 0.1) is 17.8 Å². The summed E-state index contributed by atoms with van der Waals surface area (Å²) >= 11 is 2.08. The van der Waals surface area contributed by atoms with E-state index in [1.807, 2.05) is 0 Å². The molecule has 2 saturated heterocycles. The van der Waals surface area contributed by atoms with E-state index in [0.29, 0.717) is 0 Å². The van der Waals surface area contributed by atoms with Crippen molar-refractivity contribution in [2.75, 3.05) is 31.2 Å². The molecular weight excluding hydrogens is 254 g/mol. The minimum absolute atomic E-state index is 0.248. The van der Waals surface area contributed by atoms with Crippen LogP contribution in [0.25, 0.3) is 0 Å². The van der Waals surface area contributed by atoms with E-state index < -0.39 is 0 Å². The van der Waals surface area contributed by atoms with Crippen molar-refractivity contribution in [2.45, 2.75) is 52.1 Å². The number of nitrogens with one attached hydrogen (secondary N) is 1. The summed E-state index contributed by atoms with van der Waals surface area (Å²) in [4.78, 5) is 0. The zero-order valence-electron chi connectivity index (χ0n) is 12.9. The van der Waals surface area contributed by atoms with Gasteiger partial charge < -0.3 is 10.1 Å². The summed E-state index contributed by atoms with van der Waals surface area (Å²) in [7, 11) is 0. The molecule has 1 spiro atoms. The van der Waals surface area contributed by atoms with Gasteiger partial charge in [0.15, 0.2) is 0 Å². The molecule has 2 fully saturated rings. The normalized spacial score (nSPS) is 34.6. The number of hydrogen-bond acceptors (Lipinski definition) is 3. The lowest BCUT2D eigenvalue weighted by Gasteiger charge is -2.41. The van der Waals surface area contributed by atoms with E-state index in [0.717, 1.165) is 30.9 Å². The number of thioether (sulfide) groups is 1. The van der Waals surface area contributed by atoms with Crippen LogP contribution in [0.15, 0.2) is 0 Å². The van der Waals surface area contributed by atoms with Gasteiger partial charge in [-0.15, -0.1) is 0 Å². The standard InChI is InChI=1S/C16H31NOS/c1-4-7-17-11-13(2)14(3)15-5-8-18-16(10-15)6-9-19-12-16/h13-15,17H,4-12H2,1-3H3. The molecule has 0 saturated carbocycles. The number of hydrogen-bond donors (Lipinski definition) is 1. The van der Waals surface area contributed by atoms with E-state index in [1.165, 1.54) is 43.7 Å². The molecule has 0 radical (unpaired) electrons. The lowest BCUT2D eigenvalue weighted by Crippen LogP contribution is -2.43. The minimum Gasteiger partial charge on any atom is -0.374 e. The number of rotatable bonds is 6. The predicted octanol–water partition coefficient (Wildman–Crippen LogP) is 3.56. The van der Waals surface area contributed by atoms with Gasteiger partial charge in [-0.3, -0.25) is 0 Å². The molecule has 2 aliphatic rings. The first-order valence-electron chi connectivity index (χ1n) is 8.09. The SMILES string of the molecule is CCCNCC(C)C(C)C1CCOC2(CCSC2)C1. The fraction of sp³-hybridized carbons (Fsp3) is 1.00. The van der Waals surface area contributed by atoms with Crippen LogP contribution in [0.1, 0.15) is 46.5 Å². The Balaban J connectivity index is 1.82. The van der Waals surface area contributed by atoms with E-state index in [4.69, 9.17) is 4.74 Å². The molecule has 19 heavy (non-hydrogen) atoms. The first-order valence-corrected chi connectivity index (χ1v) is 9.25. The van der Waals surface area contributed by atoms with Gasteiger partial charge in [-0.05, 0) is 62.3 Å². The Bertz CT molecular complexity index is 265. The summed E-state index contributed by atoms with van der Waals surface area (Å²) in [6.07, 6.45) is 5.09. The summed E-state index contributed by atoms with van der Waals surface area (Å²) < 4.78 is 6.15. The summed E-state index contributed by atoms with van der Waals surface area (Å²) in [6.45, 7) is 10.4. The Labute approximate surface area is 123 Å². The van der Waals surface area contributed by atoms with Crippen molar-refractivity contribution in [3.05, 3.63) is 0 Å². The van der Waals surface area contributed by atoms with Gasteiger partial charge in [-0.1, -0.05) is 20.8 Å². The molecule has 4 unspecified atom stereocenters. The quantitative estimate of drug-likeness (QED) is 0.754. The van der Waals surface area contributed by atoms with Gasteiger partial charge in [0, 0.05) is 12.4 Å². The second kappa shape index (κ2) is 7.33. The minimum atomic E-state index is 0.248. The lowest BCUT2D eigenvalue weighted by molar-refractivity contribution is -0.0914. The van der Waals surface area contributed by atoms with Gasteiger partial charge in [-0.2, -0.15) is 11.8 Å². The Morgan fingerprint density at radius 3 is 2.95 bits per heavy atom. The monoisotopic (exact) mass is 285 g/mol. The fourth-order valence-electron chi connectivity index (χ4n) is 3.53. The largest absolute Gasteiger partial charge is 0.374 e. The van der Waals surface area contributed by atoms with E-state index in [-0.39, 0.29) is 5.60 Å². The lowest BCUT2D eigenvalue weighted by atomic mass is 9.74. The molecule has 3 heteroatoms. The van der Waals surface area contributed by atoms with Crippen molar-refractivity contribution in [3.8, 4) is 0 Å². The maximum absolute atomic E-state index is 6.15. The van der Waals surface area contributed by atoms with Crippen molar-refractivity contribution < 1.29 is 4.74 Å². The molecule has 0 aromatic carbocycles. The van der Waals surface area contributed by atoms with Gasteiger partial charge in [0.05, 0.1) is 5.60 Å². The van der Waals surface area contributed by atoms with Gasteiger partial charge in [0.1, 0.15) is 0 Å². The molecule has 0 aliphatic carbocycles. The molecule has 4 atom stereocenters. The molecule has 0 aromatic heterocycles. The van der Waals surface area contributed by atoms with E-state index in [1.54, 1.807) is 0 Å². The van der Waals surface area contributed by atoms with Crippen molar-refractivity contribution in [2.24, 2.45) is 17.8 Å². The fourth-order valence-corrected chi connectivity index (χ4v) is 4.91. The van der Waals surface area contributed by atoms with Crippen molar-refractivity contribution in [3.63, 3.8) is 0 Å². The van der Waals surface area contributed by atoms with Crippen molar-refractivity contribution >= 4 is 11.8 Å². The zero-order valence-corrected chi connectivity index (χ0v) is 13.7. The summed E-state index contributed by atoms with van der Waals surface area (Å²) in [5, 5.41) is 3.58. The average molecular weight is 285 g/mol. The van der Waals surface area contributed by atoms with Gasteiger partial charge in [0.2, 0.25) is 0 Å². The van der Waals surface area contributed by atoms with Crippen LogP contribution < -0.4 is 5.32 Å². The molecule has 0 amide bonds. The molecule has 112 valence electrons. The van der Waals surface area contributed by atoms with Crippen LogP contribution in [0.4, 0.5) is 0 Å². The molecular formula is C16H31NOS. The van der Waals surface area contributed by atoms with Crippen molar-refractivity contribution in [1.29, 1.82) is 0 Å². The summed E-state index contributed by atoms with van der Waals surface area (Å²) in [5.74, 6) is 5.00. The van der Waals surface area contributed by atoms with Gasteiger partial charge in [-0.25, -0.2) is 0 Å². The van der Waals surface area contributed by atoms with E-state index >= 15 is 0 Å². The maximum Gasteiger partial charge on any atom is 0.0783 e.